The lowest BCUT2D eigenvalue weighted by molar-refractivity contribution is -0.274. The van der Waals surface area contributed by atoms with Gasteiger partial charge in [0.25, 0.3) is 0 Å². The standard InChI is InChI=1S/C14H17BrF3NO2/c1-13(2)11(6-12(13)20)19-7-8-3-4-10(9(15)5-8)21-14(16,17)18/h3-5,11-12,19-20H,6-7H2,1-2H3. The lowest BCUT2D eigenvalue weighted by Gasteiger charge is -2.49. The molecule has 1 saturated carbocycles. The van der Waals surface area contributed by atoms with Gasteiger partial charge in [-0.25, -0.2) is 0 Å². The topological polar surface area (TPSA) is 41.5 Å². The minimum Gasteiger partial charge on any atom is -0.405 e. The maximum Gasteiger partial charge on any atom is 0.573 e. The summed E-state index contributed by atoms with van der Waals surface area (Å²) in [6.07, 6.45) is -4.33. The molecule has 0 aromatic heterocycles. The van der Waals surface area contributed by atoms with Crippen molar-refractivity contribution >= 4 is 15.9 Å². The van der Waals surface area contributed by atoms with E-state index < -0.39 is 6.36 Å². The van der Waals surface area contributed by atoms with Crippen LogP contribution in [0.5, 0.6) is 5.75 Å². The van der Waals surface area contributed by atoms with Crippen LogP contribution in [0.4, 0.5) is 13.2 Å². The third-order valence-electron chi connectivity index (χ3n) is 3.99. The van der Waals surface area contributed by atoms with Gasteiger partial charge in [0, 0.05) is 18.0 Å². The summed E-state index contributed by atoms with van der Waals surface area (Å²) in [5, 5.41) is 13.0. The van der Waals surface area contributed by atoms with E-state index in [1.165, 1.54) is 6.07 Å². The Labute approximate surface area is 129 Å². The Bertz CT molecular complexity index is 519. The Kier molecular flexibility index (Phi) is 4.56. The first-order valence-electron chi connectivity index (χ1n) is 6.55. The lowest BCUT2D eigenvalue weighted by atomic mass is 9.64. The minimum atomic E-state index is -4.70. The predicted octanol–water partition coefficient (Wildman–Crippen LogP) is 3.60. The number of rotatable bonds is 4. The molecule has 2 N–H and O–H groups in total. The zero-order chi connectivity index (χ0) is 15.8. The highest BCUT2D eigenvalue weighted by Gasteiger charge is 2.46. The summed E-state index contributed by atoms with van der Waals surface area (Å²) < 4.78 is 40.7. The van der Waals surface area contributed by atoms with Crippen molar-refractivity contribution in [2.75, 3.05) is 0 Å². The average Bonchev–Trinajstić information content (AvgIpc) is 2.36. The molecule has 3 nitrogen and oxygen atoms in total. The molecule has 0 radical (unpaired) electrons. The van der Waals surface area contributed by atoms with Crippen LogP contribution in [0.15, 0.2) is 22.7 Å². The van der Waals surface area contributed by atoms with Gasteiger partial charge in [-0.1, -0.05) is 19.9 Å². The van der Waals surface area contributed by atoms with E-state index in [9.17, 15) is 18.3 Å². The molecule has 0 saturated heterocycles. The number of alkyl halides is 3. The Morgan fingerprint density at radius 3 is 2.57 bits per heavy atom. The van der Waals surface area contributed by atoms with Crippen molar-refractivity contribution in [3.63, 3.8) is 0 Å². The van der Waals surface area contributed by atoms with Crippen molar-refractivity contribution in [3.8, 4) is 5.75 Å². The fraction of sp³-hybridized carbons (Fsp3) is 0.571. The summed E-state index contributed by atoms with van der Waals surface area (Å²) in [5.41, 5.74) is 0.657. The summed E-state index contributed by atoms with van der Waals surface area (Å²) in [7, 11) is 0. The number of aliphatic hydroxyl groups is 1. The zero-order valence-corrected chi connectivity index (χ0v) is 13.3. The van der Waals surface area contributed by atoms with E-state index in [0.717, 1.165) is 5.56 Å². The van der Waals surface area contributed by atoms with Crippen molar-refractivity contribution in [2.24, 2.45) is 5.41 Å². The van der Waals surface area contributed by atoms with Crippen LogP contribution in [-0.2, 0) is 6.54 Å². The van der Waals surface area contributed by atoms with Crippen LogP contribution in [0.1, 0.15) is 25.8 Å². The first kappa shape index (κ1) is 16.6. The maximum absolute atomic E-state index is 12.2. The minimum absolute atomic E-state index is 0.184. The second kappa shape index (κ2) is 5.78. The molecule has 1 aromatic rings. The lowest BCUT2D eigenvalue weighted by Crippen LogP contribution is -2.59. The van der Waals surface area contributed by atoms with Gasteiger partial charge in [0.15, 0.2) is 0 Å². The fourth-order valence-electron chi connectivity index (χ4n) is 2.35. The van der Waals surface area contributed by atoms with Crippen LogP contribution in [0.25, 0.3) is 0 Å². The van der Waals surface area contributed by atoms with E-state index >= 15 is 0 Å². The monoisotopic (exact) mass is 367 g/mol. The molecule has 1 aliphatic rings. The molecule has 2 atom stereocenters. The van der Waals surface area contributed by atoms with Crippen LogP contribution in [0, 0.1) is 5.41 Å². The first-order valence-corrected chi connectivity index (χ1v) is 7.34. The summed E-state index contributed by atoms with van der Waals surface area (Å²) in [4.78, 5) is 0. The van der Waals surface area contributed by atoms with E-state index in [2.05, 4.69) is 26.0 Å². The van der Waals surface area contributed by atoms with Gasteiger partial charge in [-0.15, -0.1) is 13.2 Å². The van der Waals surface area contributed by atoms with Crippen LogP contribution < -0.4 is 10.1 Å². The van der Waals surface area contributed by atoms with Crippen molar-refractivity contribution < 1.29 is 23.0 Å². The molecule has 1 aliphatic carbocycles. The number of benzene rings is 1. The van der Waals surface area contributed by atoms with Crippen LogP contribution in [0.2, 0.25) is 0 Å². The number of halogens is 4. The highest BCUT2D eigenvalue weighted by molar-refractivity contribution is 9.10. The van der Waals surface area contributed by atoms with Gasteiger partial charge in [-0.2, -0.15) is 0 Å². The molecule has 0 spiro atoms. The number of ether oxygens (including phenoxy) is 1. The van der Waals surface area contributed by atoms with Crippen molar-refractivity contribution in [1.29, 1.82) is 0 Å². The third kappa shape index (κ3) is 3.90. The van der Waals surface area contributed by atoms with Gasteiger partial charge in [-0.3, -0.25) is 0 Å². The normalized spacial score (nSPS) is 24.5. The average molecular weight is 368 g/mol. The van der Waals surface area contributed by atoms with Crippen LogP contribution in [-0.4, -0.2) is 23.6 Å². The van der Waals surface area contributed by atoms with Gasteiger partial charge in [0.05, 0.1) is 10.6 Å². The van der Waals surface area contributed by atoms with Crippen molar-refractivity contribution in [3.05, 3.63) is 28.2 Å². The highest BCUT2D eigenvalue weighted by atomic mass is 79.9. The van der Waals surface area contributed by atoms with E-state index in [-0.39, 0.29) is 27.8 Å². The largest absolute Gasteiger partial charge is 0.573 e. The molecule has 2 rings (SSSR count). The fourth-order valence-corrected chi connectivity index (χ4v) is 2.86. The number of aliphatic hydroxyl groups excluding tert-OH is 1. The Morgan fingerprint density at radius 1 is 1.43 bits per heavy atom. The molecule has 1 fully saturated rings. The molecule has 7 heteroatoms. The first-order chi connectivity index (χ1) is 9.59. The number of hydrogen-bond donors (Lipinski definition) is 2. The van der Waals surface area contributed by atoms with E-state index in [1.807, 2.05) is 13.8 Å². The molecular weight excluding hydrogens is 351 g/mol. The van der Waals surface area contributed by atoms with Crippen molar-refractivity contribution in [2.45, 2.75) is 45.3 Å². The van der Waals surface area contributed by atoms with Gasteiger partial charge in [-0.05, 0) is 40.0 Å². The van der Waals surface area contributed by atoms with Gasteiger partial charge in [0.1, 0.15) is 5.75 Å². The van der Waals surface area contributed by atoms with Crippen molar-refractivity contribution in [1.82, 2.24) is 5.32 Å². The molecule has 0 heterocycles. The zero-order valence-electron chi connectivity index (χ0n) is 11.7. The van der Waals surface area contributed by atoms with Gasteiger partial charge in [0.2, 0.25) is 0 Å². The third-order valence-corrected chi connectivity index (χ3v) is 4.61. The molecule has 21 heavy (non-hydrogen) atoms. The summed E-state index contributed by atoms with van der Waals surface area (Å²) in [6, 6.07) is 4.66. The quantitative estimate of drug-likeness (QED) is 0.854. The summed E-state index contributed by atoms with van der Waals surface area (Å²) >= 11 is 3.08. The second-order valence-electron chi connectivity index (χ2n) is 5.82. The Balaban J connectivity index is 1.95. The SMILES string of the molecule is CC1(C)C(O)CC1NCc1ccc(OC(F)(F)F)c(Br)c1. The van der Waals surface area contributed by atoms with E-state index in [1.54, 1.807) is 12.1 Å². The summed E-state index contributed by atoms with van der Waals surface area (Å²) in [5.74, 6) is -0.259. The van der Waals surface area contributed by atoms with Crippen LogP contribution in [0.3, 0.4) is 0 Å². The van der Waals surface area contributed by atoms with E-state index in [0.29, 0.717) is 13.0 Å². The maximum atomic E-state index is 12.2. The molecular formula is C14H17BrF3NO2. The molecule has 0 aliphatic heterocycles. The molecule has 0 amide bonds. The van der Waals surface area contributed by atoms with E-state index in [4.69, 9.17) is 0 Å². The van der Waals surface area contributed by atoms with Gasteiger partial charge < -0.3 is 15.2 Å². The predicted molar refractivity (Wildman–Crippen MR) is 75.9 cm³/mol. The van der Waals surface area contributed by atoms with Crippen LogP contribution >= 0.6 is 15.9 Å². The molecule has 118 valence electrons. The number of hydrogen-bond acceptors (Lipinski definition) is 3. The smallest absolute Gasteiger partial charge is 0.405 e. The highest BCUT2D eigenvalue weighted by Crippen LogP contribution is 2.40. The second-order valence-corrected chi connectivity index (χ2v) is 6.67. The molecule has 2 unspecified atom stereocenters. The Morgan fingerprint density at radius 2 is 2.10 bits per heavy atom. The molecule has 1 aromatic carbocycles. The Hall–Kier alpha value is -0.790. The molecule has 0 bridgehead atoms. The van der Waals surface area contributed by atoms with Gasteiger partial charge >= 0.3 is 6.36 Å². The summed E-state index contributed by atoms with van der Waals surface area (Å²) in [6.45, 7) is 4.48. The number of nitrogens with one attached hydrogen (secondary N) is 1.